The Balaban J connectivity index is 1.73. The van der Waals surface area contributed by atoms with E-state index in [4.69, 9.17) is 9.73 Å². The second-order valence-electron chi connectivity index (χ2n) is 8.79. The summed E-state index contributed by atoms with van der Waals surface area (Å²) in [5, 5.41) is 2.04. The molecule has 0 aliphatic carbocycles. The van der Waals surface area contributed by atoms with Gasteiger partial charge in [0.15, 0.2) is 4.80 Å². The van der Waals surface area contributed by atoms with E-state index in [1.165, 1.54) is 11.3 Å². The van der Waals surface area contributed by atoms with E-state index in [9.17, 15) is 8.42 Å². The van der Waals surface area contributed by atoms with Gasteiger partial charge in [-0.25, -0.2) is 13.4 Å². The molecule has 0 saturated carbocycles. The zero-order valence-electron chi connectivity index (χ0n) is 19.3. The van der Waals surface area contributed by atoms with Crippen molar-refractivity contribution in [2.75, 3.05) is 26.8 Å². The van der Waals surface area contributed by atoms with Crippen molar-refractivity contribution in [3.05, 3.63) is 64.8 Å². The summed E-state index contributed by atoms with van der Waals surface area (Å²) in [5.41, 5.74) is 2.67. The minimum Gasteiger partial charge on any atom is -0.383 e. The number of aromatic nitrogens is 1. The Hall–Kier alpha value is -2.26. The first-order chi connectivity index (χ1) is 15.9. The van der Waals surface area contributed by atoms with Gasteiger partial charge in [0.2, 0.25) is 10.0 Å². The monoisotopic (exact) mass is 485 g/mol. The minimum atomic E-state index is -3.55. The van der Waals surface area contributed by atoms with Crippen LogP contribution in [0.1, 0.15) is 20.3 Å². The van der Waals surface area contributed by atoms with E-state index in [2.05, 4.69) is 18.4 Å². The highest BCUT2D eigenvalue weighted by Gasteiger charge is 2.31. The predicted molar refractivity (Wildman–Crippen MR) is 133 cm³/mol. The van der Waals surface area contributed by atoms with Gasteiger partial charge in [-0.1, -0.05) is 44.2 Å². The molecule has 0 radical (unpaired) electrons. The molecule has 2 aromatic carbocycles. The summed E-state index contributed by atoms with van der Waals surface area (Å²) in [7, 11) is -1.88. The van der Waals surface area contributed by atoms with Crippen molar-refractivity contribution < 1.29 is 13.2 Å². The molecule has 8 heteroatoms. The number of thiazole rings is 1. The van der Waals surface area contributed by atoms with Crippen LogP contribution in [0.15, 0.2) is 69.9 Å². The molecule has 6 nitrogen and oxygen atoms in total. The van der Waals surface area contributed by atoms with Crippen LogP contribution in [0.5, 0.6) is 0 Å². The SMILES string of the molecule is COCCn1c(-c2cccc(S(=O)(=O)N3C[C@H](C)C[C@@H](C)C3)c2)csc1=Nc1ccccc1. The van der Waals surface area contributed by atoms with E-state index >= 15 is 0 Å². The van der Waals surface area contributed by atoms with Gasteiger partial charge in [-0.2, -0.15) is 4.31 Å². The average molecular weight is 486 g/mol. The van der Waals surface area contributed by atoms with Crippen molar-refractivity contribution in [3.8, 4) is 11.3 Å². The van der Waals surface area contributed by atoms with Crippen LogP contribution >= 0.6 is 11.3 Å². The summed E-state index contributed by atoms with van der Waals surface area (Å²) in [6.07, 6.45) is 1.06. The van der Waals surface area contributed by atoms with Crippen molar-refractivity contribution in [2.45, 2.75) is 31.7 Å². The quantitative estimate of drug-likeness (QED) is 0.485. The molecule has 33 heavy (non-hydrogen) atoms. The predicted octanol–water partition coefficient (Wildman–Crippen LogP) is 4.76. The number of para-hydroxylation sites is 1. The van der Waals surface area contributed by atoms with Crippen LogP contribution in [-0.4, -0.2) is 44.1 Å². The molecule has 1 aliphatic rings. The van der Waals surface area contributed by atoms with Gasteiger partial charge in [0, 0.05) is 37.7 Å². The molecule has 1 aromatic heterocycles. The maximum atomic E-state index is 13.4. The Bertz CT molecular complexity index is 1240. The van der Waals surface area contributed by atoms with Crippen LogP contribution < -0.4 is 4.80 Å². The molecule has 0 unspecified atom stereocenters. The van der Waals surface area contributed by atoms with E-state index in [1.807, 2.05) is 47.8 Å². The summed E-state index contributed by atoms with van der Waals surface area (Å²) in [5.74, 6) is 0.726. The lowest BCUT2D eigenvalue weighted by atomic mass is 9.94. The van der Waals surface area contributed by atoms with E-state index in [-0.39, 0.29) is 0 Å². The molecule has 0 N–H and O–H groups in total. The third kappa shape index (κ3) is 5.46. The first-order valence-corrected chi connectivity index (χ1v) is 13.6. The molecule has 1 aliphatic heterocycles. The van der Waals surface area contributed by atoms with E-state index in [0.29, 0.717) is 43.0 Å². The zero-order valence-corrected chi connectivity index (χ0v) is 21.0. The Labute approximate surface area is 200 Å². The van der Waals surface area contributed by atoms with Crippen LogP contribution in [0.25, 0.3) is 11.3 Å². The third-order valence-electron chi connectivity index (χ3n) is 5.90. The van der Waals surface area contributed by atoms with Crippen LogP contribution in [0.2, 0.25) is 0 Å². The Morgan fingerprint density at radius 2 is 1.79 bits per heavy atom. The number of benzene rings is 2. The fraction of sp³-hybridized carbons (Fsp3) is 0.400. The lowest BCUT2D eigenvalue weighted by Crippen LogP contribution is -2.42. The van der Waals surface area contributed by atoms with Gasteiger partial charge >= 0.3 is 0 Å². The lowest BCUT2D eigenvalue weighted by molar-refractivity contribution is 0.187. The number of methoxy groups -OCH3 is 1. The van der Waals surface area contributed by atoms with Crippen LogP contribution in [0.4, 0.5) is 5.69 Å². The zero-order chi connectivity index (χ0) is 23.4. The number of rotatable bonds is 7. The van der Waals surface area contributed by atoms with E-state index < -0.39 is 10.0 Å². The summed E-state index contributed by atoms with van der Waals surface area (Å²) in [4.78, 5) is 5.99. The molecule has 4 rings (SSSR count). The van der Waals surface area contributed by atoms with Crippen molar-refractivity contribution >= 4 is 27.0 Å². The molecule has 0 amide bonds. The number of hydrogen-bond acceptors (Lipinski definition) is 5. The Morgan fingerprint density at radius 3 is 2.48 bits per heavy atom. The molecule has 3 aromatic rings. The maximum Gasteiger partial charge on any atom is 0.243 e. The van der Waals surface area contributed by atoms with Gasteiger partial charge in [0.25, 0.3) is 0 Å². The highest BCUT2D eigenvalue weighted by molar-refractivity contribution is 7.89. The summed E-state index contributed by atoms with van der Waals surface area (Å²) in [6, 6.07) is 17.1. The van der Waals surface area contributed by atoms with Crippen molar-refractivity contribution in [2.24, 2.45) is 16.8 Å². The summed E-state index contributed by atoms with van der Waals surface area (Å²) < 4.78 is 36.0. The fourth-order valence-electron chi connectivity index (χ4n) is 4.43. The molecule has 2 heterocycles. The van der Waals surface area contributed by atoms with Gasteiger partial charge in [-0.15, -0.1) is 11.3 Å². The normalized spacial score (nSPS) is 20.3. The molecule has 0 bridgehead atoms. The van der Waals surface area contributed by atoms with Crippen LogP contribution in [0, 0.1) is 11.8 Å². The third-order valence-corrected chi connectivity index (χ3v) is 8.59. The average Bonchev–Trinajstić information content (AvgIpc) is 3.20. The smallest absolute Gasteiger partial charge is 0.243 e. The second kappa shape index (κ2) is 10.3. The van der Waals surface area contributed by atoms with Gasteiger partial charge in [-0.3, -0.25) is 0 Å². The van der Waals surface area contributed by atoms with E-state index in [0.717, 1.165) is 28.2 Å². The van der Waals surface area contributed by atoms with Crippen molar-refractivity contribution in [3.63, 3.8) is 0 Å². The lowest BCUT2D eigenvalue weighted by Gasteiger charge is -2.34. The summed E-state index contributed by atoms with van der Waals surface area (Å²) in [6.45, 7) is 6.55. The molecule has 176 valence electrons. The Kier molecular flexibility index (Phi) is 7.48. The standard InChI is InChI=1S/C25H31N3O3S2/c1-19-14-20(2)17-27(16-19)33(29,30)23-11-7-8-21(15-23)24-18-32-25(28(24)12-13-31-3)26-22-9-5-4-6-10-22/h4-11,15,18-20H,12-14,16-17H2,1-3H3/t19-,20-/m1/s1. The summed E-state index contributed by atoms with van der Waals surface area (Å²) >= 11 is 1.54. The minimum absolute atomic E-state index is 0.340. The Morgan fingerprint density at radius 1 is 1.06 bits per heavy atom. The van der Waals surface area contributed by atoms with Crippen molar-refractivity contribution in [1.29, 1.82) is 0 Å². The first-order valence-electron chi connectivity index (χ1n) is 11.3. The second-order valence-corrected chi connectivity index (χ2v) is 11.6. The fourth-order valence-corrected chi connectivity index (χ4v) is 7.11. The van der Waals surface area contributed by atoms with Gasteiger partial charge in [-0.05, 0) is 42.5 Å². The van der Waals surface area contributed by atoms with Crippen molar-refractivity contribution in [1.82, 2.24) is 8.87 Å². The molecular weight excluding hydrogens is 454 g/mol. The van der Waals surface area contributed by atoms with Gasteiger partial charge in [0.1, 0.15) is 0 Å². The van der Waals surface area contributed by atoms with Gasteiger partial charge < -0.3 is 9.30 Å². The molecule has 1 saturated heterocycles. The highest BCUT2D eigenvalue weighted by atomic mass is 32.2. The molecule has 1 fully saturated rings. The topological polar surface area (TPSA) is 63.9 Å². The first kappa shape index (κ1) is 23.9. The number of hydrogen-bond donors (Lipinski definition) is 0. The number of nitrogens with zero attached hydrogens (tertiary/aromatic N) is 3. The highest BCUT2D eigenvalue weighted by Crippen LogP contribution is 2.29. The molecule has 2 atom stereocenters. The number of ether oxygens (including phenoxy) is 1. The van der Waals surface area contributed by atoms with Crippen LogP contribution in [0.3, 0.4) is 0 Å². The molecular formula is C25H31N3O3S2. The number of piperidine rings is 1. The van der Waals surface area contributed by atoms with Gasteiger partial charge in [0.05, 0.1) is 22.9 Å². The largest absolute Gasteiger partial charge is 0.383 e. The van der Waals surface area contributed by atoms with Crippen LogP contribution in [-0.2, 0) is 21.3 Å². The van der Waals surface area contributed by atoms with E-state index in [1.54, 1.807) is 23.5 Å². The molecule has 0 spiro atoms. The number of sulfonamides is 1. The maximum absolute atomic E-state index is 13.4.